The van der Waals surface area contributed by atoms with Crippen LogP contribution in [0.15, 0.2) is 47.1 Å². The highest BCUT2D eigenvalue weighted by Crippen LogP contribution is 2.48. The minimum absolute atomic E-state index is 0.0695. The Bertz CT molecular complexity index is 758. The Kier molecular flexibility index (Phi) is 5.82. The maximum absolute atomic E-state index is 11.3. The van der Waals surface area contributed by atoms with Crippen LogP contribution in [0.25, 0.3) is 0 Å². The lowest BCUT2D eigenvalue weighted by atomic mass is 9.68. The van der Waals surface area contributed by atoms with Gasteiger partial charge in [-0.05, 0) is 66.5 Å². The number of carboxylic acids is 1. The van der Waals surface area contributed by atoms with E-state index in [-0.39, 0.29) is 6.61 Å². The molecule has 0 saturated heterocycles. The van der Waals surface area contributed by atoms with Crippen LogP contribution in [0, 0.1) is 0 Å². The monoisotopic (exact) mass is 377 g/mol. The van der Waals surface area contributed by atoms with Crippen molar-refractivity contribution in [1.29, 1.82) is 0 Å². The molecule has 2 unspecified atom stereocenters. The zero-order chi connectivity index (χ0) is 18.7. The van der Waals surface area contributed by atoms with Crippen LogP contribution in [-0.4, -0.2) is 35.4 Å². The second-order valence-electron chi connectivity index (χ2n) is 6.81. The molecule has 2 atom stereocenters. The van der Waals surface area contributed by atoms with Gasteiger partial charge in [0.2, 0.25) is 0 Å². The zero-order valence-corrected chi connectivity index (χ0v) is 15.3. The van der Waals surface area contributed by atoms with Gasteiger partial charge in [-0.15, -0.1) is 0 Å². The molecule has 1 aromatic rings. The highest BCUT2D eigenvalue weighted by atomic mass is 35.5. The lowest BCUT2D eigenvalue weighted by molar-refractivity contribution is -0.149. The van der Waals surface area contributed by atoms with Gasteiger partial charge in [-0.2, -0.15) is 0 Å². The standard InChI is InChI=1S/C20H24ClNO4/c21-16-6-3-5-14(11-16)20(26-12-18(24)25)15(8-9-23)10-13-4-1-2-7-17(13)19(20)22/h3,5-6,10-11,19,23H,1-2,4,7-9,12,22H2,(H,24,25). The summed E-state index contributed by atoms with van der Waals surface area (Å²) in [6.07, 6.45) is 6.39. The molecule has 1 aromatic carbocycles. The molecule has 0 heterocycles. The van der Waals surface area contributed by atoms with Gasteiger partial charge in [0.1, 0.15) is 12.2 Å². The van der Waals surface area contributed by atoms with E-state index in [1.807, 2.05) is 6.07 Å². The molecule has 140 valence electrons. The number of rotatable bonds is 6. The predicted molar refractivity (Wildman–Crippen MR) is 100.0 cm³/mol. The summed E-state index contributed by atoms with van der Waals surface area (Å²) >= 11 is 6.21. The van der Waals surface area contributed by atoms with Crippen molar-refractivity contribution in [2.75, 3.05) is 13.2 Å². The van der Waals surface area contributed by atoms with E-state index in [1.165, 1.54) is 5.57 Å². The third-order valence-electron chi connectivity index (χ3n) is 5.25. The lowest BCUT2D eigenvalue weighted by Crippen LogP contribution is -2.53. The fourth-order valence-corrected chi connectivity index (χ4v) is 4.33. The molecule has 0 amide bonds. The fraction of sp³-hybridized carbons (Fsp3) is 0.450. The van der Waals surface area contributed by atoms with Crippen molar-refractivity contribution in [2.45, 2.75) is 43.7 Å². The minimum Gasteiger partial charge on any atom is -0.480 e. The number of benzene rings is 1. The number of hydrogen-bond acceptors (Lipinski definition) is 4. The Hall–Kier alpha value is -1.66. The van der Waals surface area contributed by atoms with E-state index >= 15 is 0 Å². The largest absolute Gasteiger partial charge is 0.480 e. The van der Waals surface area contributed by atoms with Crippen LogP contribution >= 0.6 is 11.6 Å². The van der Waals surface area contributed by atoms with Crippen LogP contribution in [0.5, 0.6) is 0 Å². The Morgan fingerprint density at radius 2 is 2.12 bits per heavy atom. The van der Waals surface area contributed by atoms with Crippen molar-refractivity contribution >= 4 is 17.6 Å². The fourth-order valence-electron chi connectivity index (χ4n) is 4.14. The Morgan fingerprint density at radius 1 is 1.35 bits per heavy atom. The predicted octanol–water partition coefficient (Wildman–Crippen LogP) is 3.16. The van der Waals surface area contributed by atoms with E-state index in [0.29, 0.717) is 11.4 Å². The van der Waals surface area contributed by atoms with Crippen molar-refractivity contribution in [1.82, 2.24) is 0 Å². The molecular weight excluding hydrogens is 354 g/mol. The molecule has 0 fully saturated rings. The number of carboxylic acid groups (broad SMARTS) is 1. The van der Waals surface area contributed by atoms with Gasteiger partial charge in [0.25, 0.3) is 0 Å². The van der Waals surface area contributed by atoms with Gasteiger partial charge < -0.3 is 20.7 Å². The quantitative estimate of drug-likeness (QED) is 0.708. The van der Waals surface area contributed by atoms with E-state index in [0.717, 1.165) is 42.4 Å². The first-order valence-corrected chi connectivity index (χ1v) is 9.28. The molecule has 0 aromatic heterocycles. The molecule has 0 radical (unpaired) electrons. The average molecular weight is 378 g/mol. The number of carbonyl (C=O) groups is 1. The molecule has 0 saturated carbocycles. The lowest BCUT2D eigenvalue weighted by Gasteiger charge is -2.46. The van der Waals surface area contributed by atoms with Crippen LogP contribution in [0.4, 0.5) is 0 Å². The van der Waals surface area contributed by atoms with Crippen molar-refractivity contribution < 1.29 is 19.7 Å². The normalized spacial score (nSPS) is 25.7. The van der Waals surface area contributed by atoms with Gasteiger partial charge in [0.15, 0.2) is 0 Å². The summed E-state index contributed by atoms with van der Waals surface area (Å²) in [5.74, 6) is -1.06. The first kappa shape index (κ1) is 19.1. The first-order valence-electron chi connectivity index (χ1n) is 8.90. The van der Waals surface area contributed by atoms with Crippen molar-refractivity contribution in [3.8, 4) is 0 Å². The second-order valence-corrected chi connectivity index (χ2v) is 7.24. The van der Waals surface area contributed by atoms with Crippen molar-refractivity contribution in [2.24, 2.45) is 5.73 Å². The topological polar surface area (TPSA) is 92.8 Å². The number of aliphatic carboxylic acids is 1. The molecule has 6 heteroatoms. The summed E-state index contributed by atoms with van der Waals surface area (Å²) in [5.41, 5.74) is 9.41. The molecule has 5 nitrogen and oxygen atoms in total. The van der Waals surface area contributed by atoms with Crippen LogP contribution in [0.1, 0.15) is 37.7 Å². The number of allylic oxidation sites excluding steroid dienone is 2. The van der Waals surface area contributed by atoms with Gasteiger partial charge in [-0.25, -0.2) is 4.79 Å². The van der Waals surface area contributed by atoms with Crippen LogP contribution in [0.2, 0.25) is 5.02 Å². The van der Waals surface area contributed by atoms with Gasteiger partial charge >= 0.3 is 5.97 Å². The Labute approximate surface area is 158 Å². The summed E-state index contributed by atoms with van der Waals surface area (Å²) in [5, 5.41) is 19.4. The smallest absolute Gasteiger partial charge is 0.329 e. The highest BCUT2D eigenvalue weighted by Gasteiger charge is 2.48. The molecular formula is C20H24ClNO4. The van der Waals surface area contributed by atoms with E-state index in [2.05, 4.69) is 6.08 Å². The number of halogens is 1. The van der Waals surface area contributed by atoms with Gasteiger partial charge in [0.05, 0.1) is 6.04 Å². The SMILES string of the molecule is NC1C2=C(C=C(CCO)C1(OCC(=O)O)c1cccc(Cl)c1)CCCC2. The highest BCUT2D eigenvalue weighted by molar-refractivity contribution is 6.30. The van der Waals surface area contributed by atoms with Crippen LogP contribution < -0.4 is 5.73 Å². The first-order chi connectivity index (χ1) is 12.5. The van der Waals surface area contributed by atoms with Crippen molar-refractivity contribution in [3.05, 3.63) is 57.6 Å². The molecule has 0 bridgehead atoms. The minimum atomic E-state index is -1.14. The zero-order valence-electron chi connectivity index (χ0n) is 14.6. The molecule has 3 rings (SSSR count). The summed E-state index contributed by atoms with van der Waals surface area (Å²) < 4.78 is 6.00. The molecule has 2 aliphatic rings. The van der Waals surface area contributed by atoms with E-state index in [4.69, 9.17) is 22.1 Å². The van der Waals surface area contributed by atoms with Crippen LogP contribution in [0.3, 0.4) is 0 Å². The summed E-state index contributed by atoms with van der Waals surface area (Å²) in [6.45, 7) is -0.550. The maximum Gasteiger partial charge on any atom is 0.329 e. The third-order valence-corrected chi connectivity index (χ3v) is 5.49. The Morgan fingerprint density at radius 3 is 2.81 bits per heavy atom. The van der Waals surface area contributed by atoms with Gasteiger partial charge in [-0.3, -0.25) is 0 Å². The van der Waals surface area contributed by atoms with Gasteiger partial charge in [0, 0.05) is 11.6 Å². The average Bonchev–Trinajstić information content (AvgIpc) is 2.62. The molecule has 0 spiro atoms. The summed E-state index contributed by atoms with van der Waals surface area (Å²) in [6, 6.07) is 6.67. The van der Waals surface area contributed by atoms with Crippen molar-refractivity contribution in [3.63, 3.8) is 0 Å². The van der Waals surface area contributed by atoms with E-state index in [1.54, 1.807) is 18.2 Å². The number of hydrogen-bond donors (Lipinski definition) is 3. The number of aliphatic hydroxyl groups is 1. The summed E-state index contributed by atoms with van der Waals surface area (Å²) in [7, 11) is 0. The molecule has 0 aliphatic heterocycles. The van der Waals surface area contributed by atoms with Crippen LogP contribution in [-0.2, 0) is 15.1 Å². The van der Waals surface area contributed by atoms with E-state index < -0.39 is 24.2 Å². The molecule has 26 heavy (non-hydrogen) atoms. The molecule has 4 N–H and O–H groups in total. The number of aliphatic hydroxyl groups excluding tert-OH is 1. The maximum atomic E-state index is 11.3. The second kappa shape index (κ2) is 7.92. The summed E-state index contributed by atoms with van der Waals surface area (Å²) in [4.78, 5) is 11.3. The third kappa shape index (κ3) is 3.45. The van der Waals surface area contributed by atoms with E-state index in [9.17, 15) is 15.0 Å². The van der Waals surface area contributed by atoms with Gasteiger partial charge in [-0.1, -0.05) is 29.8 Å². The number of ether oxygens (including phenoxy) is 1. The number of nitrogens with two attached hydrogens (primary N) is 1. The Balaban J connectivity index is 2.17. The molecule has 2 aliphatic carbocycles.